The Kier molecular flexibility index (Phi) is 4.07. The Bertz CT molecular complexity index is 380. The summed E-state index contributed by atoms with van der Waals surface area (Å²) in [5, 5.41) is 3.27. The lowest BCUT2D eigenvalue weighted by Gasteiger charge is -2.17. The molecule has 1 aliphatic rings. The molecule has 1 saturated carbocycles. The minimum absolute atomic E-state index is 0.268. The molecule has 0 heterocycles. The van der Waals surface area contributed by atoms with E-state index in [1.165, 1.54) is 25.0 Å². The minimum atomic E-state index is -0.540. The largest absolute Gasteiger partial charge is 0.383 e. The van der Waals surface area contributed by atoms with Crippen molar-refractivity contribution in [3.05, 3.63) is 35.4 Å². The summed E-state index contributed by atoms with van der Waals surface area (Å²) >= 11 is 0. The molecule has 1 unspecified atom stereocenters. The van der Waals surface area contributed by atoms with Crippen LogP contribution in [-0.2, 0) is 11.3 Å². The molecule has 2 rings (SSSR count). The highest BCUT2D eigenvalue weighted by Crippen LogP contribution is 2.32. The topological polar surface area (TPSA) is 21.3 Å². The summed E-state index contributed by atoms with van der Waals surface area (Å²) in [5.74, 6) is -0.398. The van der Waals surface area contributed by atoms with Gasteiger partial charge in [-0.15, -0.1) is 0 Å². The second-order valence-electron chi connectivity index (χ2n) is 4.52. The molecule has 0 saturated heterocycles. The van der Waals surface area contributed by atoms with Crippen LogP contribution in [0.25, 0.3) is 0 Å². The number of ether oxygens (including phenoxy) is 1. The quantitative estimate of drug-likeness (QED) is 0.826. The predicted molar refractivity (Wildman–Crippen MR) is 61.6 cm³/mol. The Morgan fingerprint density at radius 3 is 2.76 bits per heavy atom. The van der Waals surface area contributed by atoms with Crippen molar-refractivity contribution < 1.29 is 13.5 Å². The minimum Gasteiger partial charge on any atom is -0.383 e. The lowest BCUT2D eigenvalue weighted by atomic mass is 10.1. The third-order valence-electron chi connectivity index (χ3n) is 3.11. The summed E-state index contributed by atoms with van der Waals surface area (Å²) in [6.07, 6.45) is 2.40. The highest BCUT2D eigenvalue weighted by atomic mass is 19.1. The number of hydrogen-bond donors (Lipinski definition) is 1. The molecule has 0 bridgehead atoms. The van der Waals surface area contributed by atoms with E-state index in [4.69, 9.17) is 4.74 Å². The Hall–Kier alpha value is -1.00. The zero-order valence-electron chi connectivity index (χ0n) is 9.88. The average molecular weight is 241 g/mol. The first kappa shape index (κ1) is 12.5. The van der Waals surface area contributed by atoms with Gasteiger partial charge in [-0.25, -0.2) is 8.78 Å². The van der Waals surface area contributed by atoms with Crippen LogP contribution in [0.15, 0.2) is 18.2 Å². The van der Waals surface area contributed by atoms with E-state index in [9.17, 15) is 8.78 Å². The van der Waals surface area contributed by atoms with Crippen molar-refractivity contribution in [2.24, 2.45) is 5.92 Å². The zero-order valence-corrected chi connectivity index (χ0v) is 9.88. The van der Waals surface area contributed by atoms with Gasteiger partial charge < -0.3 is 10.1 Å². The fraction of sp³-hybridized carbons (Fsp3) is 0.538. The van der Waals surface area contributed by atoms with Gasteiger partial charge in [0.25, 0.3) is 0 Å². The highest BCUT2D eigenvalue weighted by molar-refractivity contribution is 5.18. The number of rotatable bonds is 6. The normalized spacial score (nSPS) is 17.1. The molecular formula is C13H17F2NO. The van der Waals surface area contributed by atoms with Gasteiger partial charge in [0.15, 0.2) is 0 Å². The first-order chi connectivity index (χ1) is 8.20. The van der Waals surface area contributed by atoms with Crippen molar-refractivity contribution in [2.45, 2.75) is 25.4 Å². The van der Waals surface area contributed by atoms with Crippen molar-refractivity contribution in [3.8, 4) is 0 Å². The van der Waals surface area contributed by atoms with Gasteiger partial charge in [-0.3, -0.25) is 0 Å². The SMILES string of the molecule is COCC(NCc1ccc(F)cc1F)C1CC1. The third-order valence-corrected chi connectivity index (χ3v) is 3.11. The van der Waals surface area contributed by atoms with Gasteiger partial charge in [-0.05, 0) is 24.8 Å². The summed E-state index contributed by atoms with van der Waals surface area (Å²) in [5.41, 5.74) is 0.494. The first-order valence-electron chi connectivity index (χ1n) is 5.87. The fourth-order valence-electron chi connectivity index (χ4n) is 1.95. The Labute approximate surface area is 100.0 Å². The molecule has 1 aliphatic carbocycles. The Balaban J connectivity index is 1.91. The molecule has 2 nitrogen and oxygen atoms in total. The van der Waals surface area contributed by atoms with Gasteiger partial charge in [0.1, 0.15) is 11.6 Å². The maximum atomic E-state index is 13.4. The predicted octanol–water partition coefficient (Wildman–Crippen LogP) is 2.48. The number of hydrogen-bond acceptors (Lipinski definition) is 2. The molecular weight excluding hydrogens is 224 g/mol. The molecule has 1 fully saturated rings. The van der Waals surface area contributed by atoms with Gasteiger partial charge in [0.05, 0.1) is 6.61 Å². The molecule has 4 heteroatoms. The van der Waals surface area contributed by atoms with Crippen LogP contribution in [0.3, 0.4) is 0 Å². The molecule has 0 aliphatic heterocycles. The fourth-order valence-corrected chi connectivity index (χ4v) is 1.95. The molecule has 0 aromatic heterocycles. The van der Waals surface area contributed by atoms with Crippen LogP contribution >= 0.6 is 0 Å². The molecule has 0 radical (unpaired) electrons. The van der Waals surface area contributed by atoms with Crippen molar-refractivity contribution >= 4 is 0 Å². The van der Waals surface area contributed by atoms with E-state index < -0.39 is 11.6 Å². The van der Waals surface area contributed by atoms with Crippen LogP contribution in [0, 0.1) is 17.6 Å². The van der Waals surface area contributed by atoms with Gasteiger partial charge in [-0.1, -0.05) is 6.07 Å². The second-order valence-corrected chi connectivity index (χ2v) is 4.52. The maximum Gasteiger partial charge on any atom is 0.130 e. The Morgan fingerprint density at radius 1 is 1.41 bits per heavy atom. The van der Waals surface area contributed by atoms with Crippen LogP contribution in [0.4, 0.5) is 8.78 Å². The van der Waals surface area contributed by atoms with Crippen molar-refractivity contribution in [1.82, 2.24) is 5.32 Å². The molecule has 1 atom stereocenters. The van der Waals surface area contributed by atoms with E-state index in [1.54, 1.807) is 7.11 Å². The average Bonchev–Trinajstić information content (AvgIpc) is 3.10. The van der Waals surface area contributed by atoms with Crippen LogP contribution in [0.1, 0.15) is 18.4 Å². The summed E-state index contributed by atoms with van der Waals surface area (Å²) in [6, 6.07) is 3.95. The van der Waals surface area contributed by atoms with Crippen molar-refractivity contribution in [2.75, 3.05) is 13.7 Å². The molecule has 1 N–H and O–H groups in total. The van der Waals surface area contributed by atoms with Crippen LogP contribution in [0.5, 0.6) is 0 Å². The second kappa shape index (κ2) is 5.56. The zero-order chi connectivity index (χ0) is 12.3. The van der Waals surface area contributed by atoms with Gasteiger partial charge in [0, 0.05) is 31.3 Å². The van der Waals surface area contributed by atoms with Crippen molar-refractivity contribution in [3.63, 3.8) is 0 Å². The van der Waals surface area contributed by atoms with E-state index in [2.05, 4.69) is 5.32 Å². The lowest BCUT2D eigenvalue weighted by Crippen LogP contribution is -2.34. The smallest absolute Gasteiger partial charge is 0.130 e. The summed E-state index contributed by atoms with van der Waals surface area (Å²) in [7, 11) is 1.66. The third kappa shape index (κ3) is 3.48. The molecule has 94 valence electrons. The van der Waals surface area contributed by atoms with E-state index in [-0.39, 0.29) is 6.04 Å². The monoisotopic (exact) mass is 241 g/mol. The Morgan fingerprint density at radius 2 is 2.18 bits per heavy atom. The molecule has 1 aromatic carbocycles. The number of benzene rings is 1. The number of methoxy groups -OCH3 is 1. The summed E-state index contributed by atoms with van der Waals surface area (Å²) in [6.45, 7) is 1.05. The van der Waals surface area contributed by atoms with Gasteiger partial charge in [0.2, 0.25) is 0 Å². The van der Waals surface area contributed by atoms with Gasteiger partial charge in [-0.2, -0.15) is 0 Å². The molecule has 17 heavy (non-hydrogen) atoms. The number of nitrogens with one attached hydrogen (secondary N) is 1. The van der Waals surface area contributed by atoms with E-state index in [0.717, 1.165) is 6.07 Å². The highest BCUT2D eigenvalue weighted by Gasteiger charge is 2.30. The molecule has 1 aromatic rings. The van der Waals surface area contributed by atoms with Crippen LogP contribution in [-0.4, -0.2) is 19.8 Å². The van der Waals surface area contributed by atoms with Crippen LogP contribution < -0.4 is 5.32 Å². The van der Waals surface area contributed by atoms with Gasteiger partial charge >= 0.3 is 0 Å². The number of halogens is 2. The lowest BCUT2D eigenvalue weighted by molar-refractivity contribution is 0.157. The standard InChI is InChI=1S/C13H17F2NO/c1-17-8-13(9-2-3-9)16-7-10-4-5-11(14)6-12(10)15/h4-6,9,13,16H,2-3,7-8H2,1H3. The van der Waals surface area contributed by atoms with Crippen LogP contribution in [0.2, 0.25) is 0 Å². The van der Waals surface area contributed by atoms with E-state index in [0.29, 0.717) is 24.6 Å². The maximum absolute atomic E-state index is 13.4. The molecule has 0 amide bonds. The molecule has 0 spiro atoms. The first-order valence-corrected chi connectivity index (χ1v) is 5.87. The van der Waals surface area contributed by atoms with E-state index >= 15 is 0 Å². The summed E-state index contributed by atoms with van der Waals surface area (Å²) < 4.78 is 31.2. The summed E-state index contributed by atoms with van der Waals surface area (Å²) in [4.78, 5) is 0. The van der Waals surface area contributed by atoms with Crippen molar-refractivity contribution in [1.29, 1.82) is 0 Å². The van der Waals surface area contributed by atoms with E-state index in [1.807, 2.05) is 0 Å².